The van der Waals surface area contributed by atoms with Crippen LogP contribution >= 0.6 is 11.3 Å². The zero-order valence-corrected chi connectivity index (χ0v) is 14.2. The number of likely N-dealkylation sites (tertiary alicyclic amines) is 1. The van der Waals surface area contributed by atoms with Crippen molar-refractivity contribution in [2.45, 2.75) is 39.0 Å². The van der Waals surface area contributed by atoms with Gasteiger partial charge in [-0.2, -0.15) is 5.10 Å². The summed E-state index contributed by atoms with van der Waals surface area (Å²) in [6.45, 7) is 4.87. The molecule has 1 atom stereocenters. The summed E-state index contributed by atoms with van der Waals surface area (Å²) in [6, 6.07) is 1.82. The van der Waals surface area contributed by atoms with Gasteiger partial charge in [0.15, 0.2) is 11.6 Å². The van der Waals surface area contributed by atoms with E-state index < -0.39 is 0 Å². The number of ketones is 1. The minimum absolute atomic E-state index is 0.0479. The Morgan fingerprint density at radius 2 is 2.30 bits per heavy atom. The number of aromatic nitrogens is 3. The summed E-state index contributed by atoms with van der Waals surface area (Å²) in [5.74, 6) is 1.96. The van der Waals surface area contributed by atoms with Gasteiger partial charge in [0, 0.05) is 19.0 Å². The number of rotatable bonds is 4. The summed E-state index contributed by atoms with van der Waals surface area (Å²) in [7, 11) is 0. The van der Waals surface area contributed by atoms with Crippen molar-refractivity contribution in [3.05, 3.63) is 33.5 Å². The number of Topliss-reactive ketones (excluding diaryl/α,β-unsaturated/α-hetero) is 1. The Labute approximate surface area is 138 Å². The first kappa shape index (κ1) is 15.9. The van der Waals surface area contributed by atoms with E-state index in [9.17, 15) is 9.59 Å². The normalized spacial score (nSPS) is 18.2. The number of aryl methyl sites for hydroxylation is 1. The van der Waals surface area contributed by atoms with E-state index >= 15 is 0 Å². The van der Waals surface area contributed by atoms with E-state index in [0.717, 1.165) is 36.6 Å². The zero-order valence-electron chi connectivity index (χ0n) is 13.3. The Morgan fingerprint density at radius 1 is 1.48 bits per heavy atom. The number of amides is 1. The fourth-order valence-electron chi connectivity index (χ4n) is 2.90. The number of carbonyl (C=O) groups is 2. The Hall–Kier alpha value is -2.02. The highest BCUT2D eigenvalue weighted by Gasteiger charge is 2.27. The fourth-order valence-corrected chi connectivity index (χ4v) is 3.71. The first-order valence-electron chi connectivity index (χ1n) is 7.78. The largest absolute Gasteiger partial charge is 0.342 e. The lowest BCUT2D eigenvalue weighted by Gasteiger charge is -2.31. The first-order chi connectivity index (χ1) is 11.0. The molecule has 1 aliphatic heterocycles. The fraction of sp³-hybridized carbons (Fsp3) is 0.500. The van der Waals surface area contributed by atoms with Crippen molar-refractivity contribution in [1.29, 1.82) is 0 Å². The molecule has 1 saturated heterocycles. The predicted octanol–water partition coefficient (Wildman–Crippen LogP) is 2.33. The van der Waals surface area contributed by atoms with Crippen molar-refractivity contribution < 1.29 is 9.59 Å². The van der Waals surface area contributed by atoms with Crippen LogP contribution in [0.1, 0.15) is 52.6 Å². The zero-order chi connectivity index (χ0) is 16.4. The lowest BCUT2D eigenvalue weighted by atomic mass is 9.97. The molecule has 0 bridgehead atoms. The van der Waals surface area contributed by atoms with E-state index in [1.807, 2.05) is 23.3 Å². The molecule has 0 spiro atoms. The van der Waals surface area contributed by atoms with E-state index in [1.54, 1.807) is 6.92 Å². The molecule has 2 aromatic rings. The minimum Gasteiger partial charge on any atom is -0.342 e. The SMILES string of the molecule is CC(=O)c1cc(CC(=O)N2CCC[C@@H](c3n[nH]c(C)n3)C2)cs1. The van der Waals surface area contributed by atoms with Crippen LogP contribution in [0.4, 0.5) is 0 Å². The summed E-state index contributed by atoms with van der Waals surface area (Å²) in [4.78, 5) is 30.9. The van der Waals surface area contributed by atoms with Gasteiger partial charge >= 0.3 is 0 Å². The van der Waals surface area contributed by atoms with Crippen molar-refractivity contribution in [2.24, 2.45) is 0 Å². The first-order valence-corrected chi connectivity index (χ1v) is 8.66. The molecule has 0 aliphatic carbocycles. The number of hydrogen-bond acceptors (Lipinski definition) is 5. The highest BCUT2D eigenvalue weighted by Crippen LogP contribution is 2.25. The number of aromatic amines is 1. The van der Waals surface area contributed by atoms with Crippen LogP contribution in [-0.2, 0) is 11.2 Å². The second-order valence-corrected chi connectivity index (χ2v) is 6.92. The Kier molecular flexibility index (Phi) is 4.56. The molecule has 2 aromatic heterocycles. The number of nitrogens with one attached hydrogen (secondary N) is 1. The van der Waals surface area contributed by atoms with Gasteiger partial charge in [-0.3, -0.25) is 14.7 Å². The van der Waals surface area contributed by atoms with Crippen LogP contribution in [0.2, 0.25) is 0 Å². The van der Waals surface area contributed by atoms with Gasteiger partial charge in [-0.15, -0.1) is 11.3 Å². The summed E-state index contributed by atoms with van der Waals surface area (Å²) < 4.78 is 0. The monoisotopic (exact) mass is 332 g/mol. The van der Waals surface area contributed by atoms with Crippen LogP contribution in [0.25, 0.3) is 0 Å². The van der Waals surface area contributed by atoms with Crippen LogP contribution in [0, 0.1) is 6.92 Å². The van der Waals surface area contributed by atoms with Crippen LogP contribution < -0.4 is 0 Å². The molecule has 1 amide bonds. The van der Waals surface area contributed by atoms with Crippen molar-refractivity contribution in [3.8, 4) is 0 Å². The van der Waals surface area contributed by atoms with Gasteiger partial charge in [0.25, 0.3) is 0 Å². The molecule has 23 heavy (non-hydrogen) atoms. The molecule has 0 saturated carbocycles. The average molecular weight is 332 g/mol. The van der Waals surface area contributed by atoms with E-state index in [0.29, 0.717) is 17.8 Å². The quantitative estimate of drug-likeness (QED) is 0.872. The van der Waals surface area contributed by atoms with Crippen molar-refractivity contribution in [1.82, 2.24) is 20.1 Å². The van der Waals surface area contributed by atoms with Gasteiger partial charge in [-0.05, 0) is 43.7 Å². The molecular formula is C16H20N4O2S. The van der Waals surface area contributed by atoms with E-state index in [-0.39, 0.29) is 17.6 Å². The third kappa shape index (κ3) is 3.67. The maximum absolute atomic E-state index is 12.5. The highest BCUT2D eigenvalue weighted by atomic mass is 32.1. The summed E-state index contributed by atoms with van der Waals surface area (Å²) >= 11 is 1.40. The molecule has 0 radical (unpaired) electrons. The second-order valence-electron chi connectivity index (χ2n) is 6.01. The molecule has 3 rings (SSSR count). The number of nitrogens with zero attached hydrogens (tertiary/aromatic N) is 3. The molecule has 6 nitrogen and oxygen atoms in total. The molecular weight excluding hydrogens is 312 g/mol. The second kappa shape index (κ2) is 6.62. The molecule has 1 N–H and O–H groups in total. The number of H-pyrrole nitrogens is 1. The maximum atomic E-state index is 12.5. The number of piperidine rings is 1. The Balaban J connectivity index is 1.63. The van der Waals surface area contributed by atoms with Gasteiger partial charge in [-0.25, -0.2) is 4.98 Å². The number of hydrogen-bond donors (Lipinski definition) is 1. The van der Waals surface area contributed by atoms with Crippen LogP contribution in [-0.4, -0.2) is 44.9 Å². The van der Waals surface area contributed by atoms with Gasteiger partial charge < -0.3 is 4.90 Å². The highest BCUT2D eigenvalue weighted by molar-refractivity contribution is 7.12. The molecule has 3 heterocycles. The summed E-state index contributed by atoms with van der Waals surface area (Å²) in [6.07, 6.45) is 2.32. The number of carbonyl (C=O) groups excluding carboxylic acids is 2. The molecule has 1 aliphatic rings. The van der Waals surface area contributed by atoms with Crippen molar-refractivity contribution in [2.75, 3.05) is 13.1 Å². The van der Waals surface area contributed by atoms with Gasteiger partial charge in [0.05, 0.1) is 11.3 Å². The number of thiophene rings is 1. The van der Waals surface area contributed by atoms with Crippen LogP contribution in [0.3, 0.4) is 0 Å². The van der Waals surface area contributed by atoms with E-state index in [1.165, 1.54) is 11.3 Å². The van der Waals surface area contributed by atoms with Crippen molar-refractivity contribution in [3.63, 3.8) is 0 Å². The summed E-state index contributed by atoms with van der Waals surface area (Å²) in [5.41, 5.74) is 0.918. The maximum Gasteiger partial charge on any atom is 0.227 e. The third-order valence-corrected chi connectivity index (χ3v) is 5.19. The van der Waals surface area contributed by atoms with E-state index in [2.05, 4.69) is 15.2 Å². The Morgan fingerprint density at radius 3 is 2.96 bits per heavy atom. The van der Waals surface area contributed by atoms with E-state index in [4.69, 9.17) is 0 Å². The Bertz CT molecular complexity index is 721. The smallest absolute Gasteiger partial charge is 0.227 e. The predicted molar refractivity (Wildman–Crippen MR) is 87.7 cm³/mol. The average Bonchev–Trinajstić information content (AvgIpc) is 3.16. The molecule has 122 valence electrons. The standard InChI is InChI=1S/C16H20N4O2S/c1-10(21)14-6-12(9-23-14)7-15(22)20-5-3-4-13(8-20)16-17-11(2)18-19-16/h6,9,13H,3-5,7-8H2,1-2H3,(H,17,18,19)/t13-/m1/s1. The van der Waals surface area contributed by atoms with Crippen molar-refractivity contribution >= 4 is 23.0 Å². The van der Waals surface area contributed by atoms with Crippen LogP contribution in [0.15, 0.2) is 11.4 Å². The lowest BCUT2D eigenvalue weighted by molar-refractivity contribution is -0.131. The van der Waals surface area contributed by atoms with Gasteiger partial charge in [0.1, 0.15) is 5.82 Å². The van der Waals surface area contributed by atoms with Crippen LogP contribution in [0.5, 0.6) is 0 Å². The lowest BCUT2D eigenvalue weighted by Crippen LogP contribution is -2.40. The third-order valence-electron chi connectivity index (χ3n) is 4.11. The van der Waals surface area contributed by atoms with Gasteiger partial charge in [0.2, 0.25) is 5.91 Å². The molecule has 7 heteroatoms. The summed E-state index contributed by atoms with van der Waals surface area (Å²) in [5, 5.41) is 9.00. The molecule has 0 aromatic carbocycles. The molecule has 1 fully saturated rings. The topological polar surface area (TPSA) is 79.0 Å². The molecule has 0 unspecified atom stereocenters. The minimum atomic E-state index is 0.0479. The van der Waals surface area contributed by atoms with Gasteiger partial charge in [-0.1, -0.05) is 0 Å².